The molecule has 0 saturated heterocycles. The normalized spacial score (nSPS) is 11.8. The number of unbranched alkanes of at least 4 members (excludes halogenated alkanes) is 2. The van der Waals surface area contributed by atoms with E-state index in [0.717, 1.165) is 16.8 Å². The van der Waals surface area contributed by atoms with Gasteiger partial charge in [0.25, 0.3) is 0 Å². The Kier molecular flexibility index (Phi) is 8.61. The molecular formula is C8H17BrO2S2. The summed E-state index contributed by atoms with van der Waals surface area (Å²) in [5.41, 5.74) is 0. The summed E-state index contributed by atoms with van der Waals surface area (Å²) in [5, 5.41) is 1.07. The molecule has 5 heteroatoms. The van der Waals surface area contributed by atoms with Gasteiger partial charge in [-0.25, -0.2) is 8.42 Å². The molecule has 0 fully saturated rings. The lowest BCUT2D eigenvalue weighted by Gasteiger charge is -1.99. The summed E-state index contributed by atoms with van der Waals surface area (Å²) in [4.78, 5) is 0. The van der Waals surface area contributed by atoms with Crippen molar-refractivity contribution >= 4 is 37.5 Å². The lowest BCUT2D eigenvalue weighted by atomic mass is 10.3. The van der Waals surface area contributed by atoms with Crippen molar-refractivity contribution in [1.82, 2.24) is 0 Å². The fourth-order valence-electron chi connectivity index (χ4n) is 0.788. The molecule has 0 aliphatic rings. The van der Waals surface area contributed by atoms with Crippen LogP contribution in [0.1, 0.15) is 19.3 Å². The highest BCUT2D eigenvalue weighted by Gasteiger charge is 2.00. The molecule has 0 unspecified atom stereocenters. The van der Waals surface area contributed by atoms with E-state index in [2.05, 4.69) is 15.9 Å². The zero-order valence-electron chi connectivity index (χ0n) is 7.96. The minimum absolute atomic E-state index is 0.316. The summed E-state index contributed by atoms with van der Waals surface area (Å²) in [6.07, 6.45) is 4.93. The first kappa shape index (κ1) is 13.8. The van der Waals surface area contributed by atoms with Crippen LogP contribution in [-0.2, 0) is 9.84 Å². The average Bonchev–Trinajstić information content (AvgIpc) is 2.01. The van der Waals surface area contributed by atoms with Crippen LogP contribution in [0.2, 0.25) is 0 Å². The third-order valence-electron chi connectivity index (χ3n) is 1.52. The Hall–Kier alpha value is 0.780. The molecule has 0 aromatic carbocycles. The molecule has 0 aliphatic heterocycles. The number of hydrogen-bond donors (Lipinski definition) is 0. The van der Waals surface area contributed by atoms with E-state index in [1.165, 1.54) is 25.5 Å². The largest absolute Gasteiger partial charge is 0.229 e. The Balaban J connectivity index is 3.09. The second-order valence-electron chi connectivity index (χ2n) is 2.99. The predicted molar refractivity (Wildman–Crippen MR) is 64.7 cm³/mol. The molecule has 0 aromatic heterocycles. The van der Waals surface area contributed by atoms with Crippen LogP contribution in [0.25, 0.3) is 0 Å². The Morgan fingerprint density at radius 2 is 1.85 bits per heavy atom. The molecule has 80 valence electrons. The first-order valence-corrected chi connectivity index (χ1v) is 8.71. The van der Waals surface area contributed by atoms with Crippen molar-refractivity contribution in [3.63, 3.8) is 0 Å². The Morgan fingerprint density at radius 1 is 1.15 bits per heavy atom. The molecule has 0 amide bonds. The maximum absolute atomic E-state index is 10.7. The number of hydrogen-bond acceptors (Lipinski definition) is 3. The highest BCUT2D eigenvalue weighted by atomic mass is 79.9. The van der Waals surface area contributed by atoms with Gasteiger partial charge in [0.1, 0.15) is 9.84 Å². The first-order chi connectivity index (χ1) is 6.06. The van der Waals surface area contributed by atoms with E-state index in [9.17, 15) is 8.42 Å². The quantitative estimate of drug-likeness (QED) is 0.508. The Labute approximate surface area is 93.9 Å². The van der Waals surface area contributed by atoms with Gasteiger partial charge in [-0.05, 0) is 18.6 Å². The second kappa shape index (κ2) is 8.12. The van der Waals surface area contributed by atoms with Crippen molar-refractivity contribution in [2.75, 3.05) is 28.8 Å². The van der Waals surface area contributed by atoms with Crippen LogP contribution in [0.15, 0.2) is 0 Å². The van der Waals surface area contributed by atoms with Crippen LogP contribution < -0.4 is 0 Å². The van der Waals surface area contributed by atoms with E-state index in [0.29, 0.717) is 5.75 Å². The van der Waals surface area contributed by atoms with Gasteiger partial charge in [-0.1, -0.05) is 22.4 Å². The molecular weight excluding hydrogens is 272 g/mol. The topological polar surface area (TPSA) is 34.1 Å². The summed E-state index contributed by atoms with van der Waals surface area (Å²) in [5.74, 6) is 2.14. The predicted octanol–water partition coefficient (Wildman–Crippen LogP) is 2.33. The molecule has 0 aliphatic carbocycles. The molecule has 0 rings (SSSR count). The molecule has 0 aromatic rings. The van der Waals surface area contributed by atoms with Gasteiger partial charge in [-0.3, -0.25) is 0 Å². The van der Waals surface area contributed by atoms with Gasteiger partial charge in [-0.15, -0.1) is 0 Å². The zero-order valence-corrected chi connectivity index (χ0v) is 11.2. The molecule has 0 spiro atoms. The monoisotopic (exact) mass is 288 g/mol. The minimum atomic E-state index is -2.75. The standard InChI is InChI=1S/C8H17BrO2S2/c1-13(10,11)8-7-12-6-4-2-3-5-9/h2-8H2,1H3. The zero-order chi connectivity index (χ0) is 10.2. The van der Waals surface area contributed by atoms with Crippen LogP contribution >= 0.6 is 27.7 Å². The molecule has 0 bridgehead atoms. The van der Waals surface area contributed by atoms with Gasteiger partial charge in [0.05, 0.1) is 5.75 Å². The van der Waals surface area contributed by atoms with Gasteiger partial charge in [0.15, 0.2) is 0 Å². The molecule has 0 atom stereocenters. The van der Waals surface area contributed by atoms with Crippen LogP contribution in [0.4, 0.5) is 0 Å². The highest BCUT2D eigenvalue weighted by molar-refractivity contribution is 9.09. The molecule has 0 heterocycles. The fraction of sp³-hybridized carbons (Fsp3) is 1.00. The smallest absolute Gasteiger partial charge is 0.148 e. The van der Waals surface area contributed by atoms with Crippen molar-refractivity contribution in [2.24, 2.45) is 0 Å². The van der Waals surface area contributed by atoms with E-state index in [-0.39, 0.29) is 0 Å². The Morgan fingerprint density at radius 3 is 2.38 bits per heavy atom. The lowest BCUT2D eigenvalue weighted by molar-refractivity contribution is 0.603. The van der Waals surface area contributed by atoms with Crippen molar-refractivity contribution in [1.29, 1.82) is 0 Å². The highest BCUT2D eigenvalue weighted by Crippen LogP contribution is 2.07. The van der Waals surface area contributed by atoms with Crippen molar-refractivity contribution in [3.05, 3.63) is 0 Å². The summed E-state index contributed by atoms with van der Waals surface area (Å²) in [6, 6.07) is 0. The molecule has 0 saturated carbocycles. The summed E-state index contributed by atoms with van der Waals surface area (Å²) >= 11 is 5.11. The van der Waals surface area contributed by atoms with E-state index >= 15 is 0 Å². The number of rotatable bonds is 8. The van der Waals surface area contributed by atoms with E-state index in [4.69, 9.17) is 0 Å². The van der Waals surface area contributed by atoms with Crippen LogP contribution in [0, 0.1) is 0 Å². The average molecular weight is 289 g/mol. The summed E-state index contributed by atoms with van der Waals surface area (Å²) in [7, 11) is -2.75. The SMILES string of the molecule is CS(=O)(=O)CCSCCCCCBr. The number of halogens is 1. The van der Waals surface area contributed by atoms with Gasteiger partial charge >= 0.3 is 0 Å². The Bertz CT molecular complexity index is 202. The third kappa shape index (κ3) is 12.8. The third-order valence-corrected chi connectivity index (χ3v) is 4.36. The molecule has 0 N–H and O–H groups in total. The van der Waals surface area contributed by atoms with E-state index in [1.54, 1.807) is 11.8 Å². The van der Waals surface area contributed by atoms with Crippen LogP contribution in [0.5, 0.6) is 0 Å². The van der Waals surface area contributed by atoms with Crippen molar-refractivity contribution in [3.8, 4) is 0 Å². The van der Waals surface area contributed by atoms with Crippen molar-refractivity contribution in [2.45, 2.75) is 19.3 Å². The van der Waals surface area contributed by atoms with E-state index < -0.39 is 9.84 Å². The maximum atomic E-state index is 10.7. The first-order valence-electron chi connectivity index (χ1n) is 4.37. The minimum Gasteiger partial charge on any atom is -0.229 e. The maximum Gasteiger partial charge on any atom is 0.148 e. The summed E-state index contributed by atoms with van der Waals surface area (Å²) < 4.78 is 21.5. The van der Waals surface area contributed by atoms with Gasteiger partial charge in [0.2, 0.25) is 0 Å². The number of thioether (sulfide) groups is 1. The molecule has 2 nitrogen and oxygen atoms in total. The second-order valence-corrected chi connectivity index (χ2v) is 7.27. The van der Waals surface area contributed by atoms with Gasteiger partial charge in [-0.2, -0.15) is 11.8 Å². The van der Waals surface area contributed by atoms with Gasteiger partial charge < -0.3 is 0 Å². The van der Waals surface area contributed by atoms with E-state index in [1.807, 2.05) is 0 Å². The molecule has 13 heavy (non-hydrogen) atoms. The van der Waals surface area contributed by atoms with Gasteiger partial charge in [0, 0.05) is 17.3 Å². The van der Waals surface area contributed by atoms with Crippen molar-refractivity contribution < 1.29 is 8.42 Å². The van der Waals surface area contributed by atoms with Crippen LogP contribution in [-0.4, -0.2) is 37.3 Å². The fourth-order valence-corrected chi connectivity index (χ4v) is 3.48. The number of alkyl halides is 1. The molecule has 0 radical (unpaired) electrons. The summed E-state index contributed by atoms with van der Waals surface area (Å²) in [6.45, 7) is 0. The van der Waals surface area contributed by atoms with Crippen LogP contribution in [0.3, 0.4) is 0 Å². The lowest BCUT2D eigenvalue weighted by Crippen LogP contribution is -2.05. The number of sulfone groups is 1.